The number of anilines is 1. The number of allylic oxidation sites excluding steroid dienone is 5. The SMILES string of the molecule is CN1CCC(CNc2cc(C3C=CC=CC=C3O)nc3c(Br)cnn23)CC1.O=Cc1cccc(O)c1. The second-order valence-electron chi connectivity index (χ2n) is 8.97. The third-order valence-corrected chi connectivity index (χ3v) is 6.85. The number of aliphatic hydroxyl groups excluding tert-OH is 1. The number of hydrogen-bond acceptors (Lipinski definition) is 7. The van der Waals surface area contributed by atoms with Crippen molar-refractivity contribution in [2.24, 2.45) is 5.92 Å². The van der Waals surface area contributed by atoms with Crippen molar-refractivity contribution < 1.29 is 15.0 Å². The quantitative estimate of drug-likeness (QED) is 0.379. The lowest BCUT2D eigenvalue weighted by molar-refractivity contribution is 0.112. The monoisotopic (exact) mass is 551 g/mol. The molecule has 2 aliphatic rings. The Morgan fingerprint density at radius 2 is 1.97 bits per heavy atom. The van der Waals surface area contributed by atoms with Gasteiger partial charge in [-0.25, -0.2) is 4.98 Å². The van der Waals surface area contributed by atoms with Gasteiger partial charge in [0.2, 0.25) is 0 Å². The Morgan fingerprint density at radius 1 is 1.17 bits per heavy atom. The average molecular weight is 552 g/mol. The number of carbonyl (C=O) groups excluding carboxylic acids is 1. The number of benzene rings is 1. The molecule has 0 bridgehead atoms. The van der Waals surface area contributed by atoms with Gasteiger partial charge in [-0.05, 0) is 73.0 Å². The Morgan fingerprint density at radius 3 is 2.69 bits per heavy atom. The number of hydrogen-bond donors (Lipinski definition) is 3. The minimum absolute atomic E-state index is 0.125. The molecule has 9 heteroatoms. The summed E-state index contributed by atoms with van der Waals surface area (Å²) >= 11 is 3.54. The lowest BCUT2D eigenvalue weighted by Gasteiger charge is -2.29. The predicted molar refractivity (Wildman–Crippen MR) is 145 cm³/mol. The number of nitrogens with zero attached hydrogens (tertiary/aromatic N) is 4. The summed E-state index contributed by atoms with van der Waals surface area (Å²) in [6.07, 6.45) is 14.2. The molecule has 1 fully saturated rings. The summed E-state index contributed by atoms with van der Waals surface area (Å²) in [7, 11) is 2.18. The number of aliphatic hydroxyl groups is 1. The molecule has 0 radical (unpaired) electrons. The largest absolute Gasteiger partial charge is 0.511 e. The van der Waals surface area contributed by atoms with E-state index in [1.54, 1.807) is 24.4 Å². The number of aldehydes is 1. The number of aromatic nitrogens is 3. The zero-order valence-corrected chi connectivity index (χ0v) is 21.7. The standard InChI is InChI=1S/C20H24BrN5O.C7H6O2/c1-25-9-7-14(8-10-25)12-22-19-11-17(15-5-3-2-4-6-18(15)27)24-20-16(21)13-23-26(19)20;8-5-6-2-1-3-7(9)4-6/h2-6,11,13-15,22,27H,7-10,12H2,1H3;1-5,9H. The molecule has 3 N–H and O–H groups in total. The number of nitrogens with one attached hydrogen (secondary N) is 1. The van der Waals surface area contributed by atoms with E-state index in [0.717, 1.165) is 41.3 Å². The number of piperidine rings is 1. The fourth-order valence-electron chi connectivity index (χ4n) is 4.20. The Hall–Kier alpha value is -3.43. The lowest BCUT2D eigenvalue weighted by atomic mass is 9.97. The summed E-state index contributed by atoms with van der Waals surface area (Å²) in [4.78, 5) is 17.2. The zero-order valence-electron chi connectivity index (χ0n) is 20.1. The second kappa shape index (κ2) is 12.0. The smallest absolute Gasteiger partial charge is 0.171 e. The molecule has 1 saturated heterocycles. The number of rotatable bonds is 5. The van der Waals surface area contributed by atoms with Crippen LogP contribution in [0.2, 0.25) is 0 Å². The maximum Gasteiger partial charge on any atom is 0.171 e. The lowest BCUT2D eigenvalue weighted by Crippen LogP contribution is -2.33. The van der Waals surface area contributed by atoms with Crippen molar-refractivity contribution in [1.29, 1.82) is 0 Å². The van der Waals surface area contributed by atoms with Crippen LogP contribution in [0.5, 0.6) is 5.75 Å². The van der Waals surface area contributed by atoms with Crippen molar-refractivity contribution >= 4 is 33.7 Å². The molecule has 2 aromatic heterocycles. The Labute approximate surface area is 218 Å². The predicted octanol–water partition coefficient (Wildman–Crippen LogP) is 5.10. The maximum absolute atomic E-state index is 10.4. The fraction of sp³-hybridized carbons (Fsp3) is 0.296. The van der Waals surface area contributed by atoms with Crippen LogP contribution in [0.25, 0.3) is 5.65 Å². The number of halogens is 1. The minimum atomic E-state index is -0.268. The van der Waals surface area contributed by atoms with Crippen molar-refractivity contribution in [3.8, 4) is 5.75 Å². The van der Waals surface area contributed by atoms with Gasteiger partial charge >= 0.3 is 0 Å². The van der Waals surface area contributed by atoms with Crippen LogP contribution < -0.4 is 5.32 Å². The highest BCUT2D eigenvalue weighted by Gasteiger charge is 2.21. The molecule has 1 aliphatic carbocycles. The van der Waals surface area contributed by atoms with E-state index in [1.165, 1.54) is 25.0 Å². The molecule has 8 nitrogen and oxygen atoms in total. The van der Waals surface area contributed by atoms with Crippen LogP contribution in [0.4, 0.5) is 5.82 Å². The number of carbonyl (C=O) groups is 1. The highest BCUT2D eigenvalue weighted by molar-refractivity contribution is 9.10. The molecular formula is C27H30BrN5O3. The van der Waals surface area contributed by atoms with Gasteiger partial charge in [0.1, 0.15) is 23.6 Å². The van der Waals surface area contributed by atoms with E-state index >= 15 is 0 Å². The highest BCUT2D eigenvalue weighted by atomic mass is 79.9. The van der Waals surface area contributed by atoms with Gasteiger partial charge in [0.25, 0.3) is 0 Å². The van der Waals surface area contributed by atoms with Crippen LogP contribution >= 0.6 is 15.9 Å². The van der Waals surface area contributed by atoms with Gasteiger partial charge in [0.15, 0.2) is 5.65 Å². The van der Waals surface area contributed by atoms with Gasteiger partial charge < -0.3 is 20.4 Å². The van der Waals surface area contributed by atoms with Crippen LogP contribution in [-0.2, 0) is 0 Å². The van der Waals surface area contributed by atoms with Crippen LogP contribution in [0.3, 0.4) is 0 Å². The molecule has 3 heterocycles. The van der Waals surface area contributed by atoms with Crippen molar-refractivity contribution in [3.05, 3.63) is 88.4 Å². The molecule has 188 valence electrons. The zero-order chi connectivity index (χ0) is 25.5. The molecule has 1 aromatic carbocycles. The number of aromatic hydroxyl groups is 1. The van der Waals surface area contributed by atoms with E-state index in [2.05, 4.69) is 38.3 Å². The first-order chi connectivity index (χ1) is 17.4. The van der Waals surface area contributed by atoms with Gasteiger partial charge in [0.05, 0.1) is 22.3 Å². The summed E-state index contributed by atoms with van der Waals surface area (Å²) in [5, 5.41) is 27.2. The fourth-order valence-corrected chi connectivity index (χ4v) is 4.55. The second-order valence-corrected chi connectivity index (χ2v) is 9.83. The third-order valence-electron chi connectivity index (χ3n) is 6.29. The molecule has 0 spiro atoms. The number of phenolic OH excluding ortho intramolecular Hbond substituents is 1. The summed E-state index contributed by atoms with van der Waals surface area (Å²) < 4.78 is 2.66. The molecule has 1 aliphatic heterocycles. The van der Waals surface area contributed by atoms with E-state index in [1.807, 2.05) is 34.9 Å². The summed E-state index contributed by atoms with van der Waals surface area (Å²) in [6, 6.07) is 8.18. The Kier molecular flexibility index (Phi) is 8.56. The Bertz CT molecular complexity index is 1290. The van der Waals surface area contributed by atoms with Gasteiger partial charge in [-0.3, -0.25) is 4.79 Å². The molecule has 0 amide bonds. The molecule has 1 unspecified atom stereocenters. The van der Waals surface area contributed by atoms with Crippen LogP contribution in [0.1, 0.15) is 34.8 Å². The van der Waals surface area contributed by atoms with Crippen LogP contribution in [0.15, 0.2) is 77.1 Å². The van der Waals surface area contributed by atoms with Gasteiger partial charge in [-0.2, -0.15) is 9.61 Å². The number of likely N-dealkylation sites (tertiary alicyclic amines) is 1. The highest BCUT2D eigenvalue weighted by Crippen LogP contribution is 2.29. The normalized spacial score (nSPS) is 18.3. The number of fused-ring (bicyclic) bond motifs is 1. The summed E-state index contributed by atoms with van der Waals surface area (Å²) in [5.41, 5.74) is 2.04. The molecule has 1 atom stereocenters. The van der Waals surface area contributed by atoms with E-state index in [9.17, 15) is 9.90 Å². The van der Waals surface area contributed by atoms with E-state index in [4.69, 9.17) is 10.1 Å². The Balaban J connectivity index is 0.000000286. The van der Waals surface area contributed by atoms with E-state index < -0.39 is 0 Å². The minimum Gasteiger partial charge on any atom is -0.511 e. The van der Waals surface area contributed by atoms with Crippen molar-refractivity contribution in [1.82, 2.24) is 19.5 Å². The van der Waals surface area contributed by atoms with E-state index in [0.29, 0.717) is 17.8 Å². The van der Waals surface area contributed by atoms with Crippen molar-refractivity contribution in [3.63, 3.8) is 0 Å². The topological polar surface area (TPSA) is 103 Å². The van der Waals surface area contributed by atoms with Gasteiger partial charge in [-0.15, -0.1) is 0 Å². The van der Waals surface area contributed by atoms with Crippen molar-refractivity contribution in [2.45, 2.75) is 18.8 Å². The molecule has 5 rings (SSSR count). The third kappa shape index (κ3) is 6.41. The van der Waals surface area contributed by atoms with Crippen molar-refractivity contribution in [2.75, 3.05) is 32.0 Å². The summed E-state index contributed by atoms with van der Waals surface area (Å²) in [5.74, 6) is 1.70. The molecule has 36 heavy (non-hydrogen) atoms. The van der Waals surface area contributed by atoms with E-state index in [-0.39, 0.29) is 17.4 Å². The average Bonchev–Trinajstić information content (AvgIpc) is 3.12. The maximum atomic E-state index is 10.4. The molecule has 0 saturated carbocycles. The van der Waals surface area contributed by atoms with Gasteiger partial charge in [-0.1, -0.05) is 36.4 Å². The summed E-state index contributed by atoms with van der Waals surface area (Å²) in [6.45, 7) is 3.21. The molecular weight excluding hydrogens is 522 g/mol. The first-order valence-electron chi connectivity index (χ1n) is 11.9. The van der Waals surface area contributed by atoms with Crippen LogP contribution in [0, 0.1) is 5.92 Å². The molecule has 3 aromatic rings. The first kappa shape index (κ1) is 25.7. The number of phenols is 1. The van der Waals surface area contributed by atoms with Crippen LogP contribution in [-0.4, -0.2) is 62.7 Å². The first-order valence-corrected chi connectivity index (χ1v) is 12.7. The van der Waals surface area contributed by atoms with Gasteiger partial charge in [0, 0.05) is 18.2 Å².